The summed E-state index contributed by atoms with van der Waals surface area (Å²) in [6.07, 6.45) is 1.55. The molecule has 0 bridgehead atoms. The Kier molecular flexibility index (Phi) is 7.16. The number of hydrogen-bond donors (Lipinski definition) is 3. The summed E-state index contributed by atoms with van der Waals surface area (Å²) in [5.74, 6) is 0.221. The van der Waals surface area contributed by atoms with Crippen molar-refractivity contribution in [3.63, 3.8) is 0 Å². The van der Waals surface area contributed by atoms with Crippen molar-refractivity contribution in [2.75, 3.05) is 5.75 Å². The lowest BCUT2D eigenvalue weighted by atomic mass is 10.2. The van der Waals surface area contributed by atoms with Crippen LogP contribution in [-0.2, 0) is 4.79 Å². The zero-order chi connectivity index (χ0) is 19.1. The number of halogens is 1. The number of nitrogens with zero attached hydrogens (tertiary/aromatic N) is 2. The Morgan fingerprint density at radius 2 is 2.23 bits per heavy atom. The van der Waals surface area contributed by atoms with Crippen LogP contribution in [0.25, 0.3) is 0 Å². The number of ether oxygens (including phenoxy) is 1. The first-order valence-electron chi connectivity index (χ1n) is 7.45. The molecule has 2 rings (SSSR count). The summed E-state index contributed by atoms with van der Waals surface area (Å²) in [6, 6.07) is 5.42. The van der Waals surface area contributed by atoms with Gasteiger partial charge in [-0.25, -0.2) is 15.3 Å². The predicted molar refractivity (Wildman–Crippen MR) is 102 cm³/mol. The van der Waals surface area contributed by atoms with E-state index in [4.69, 9.17) is 4.74 Å². The number of amides is 1. The van der Waals surface area contributed by atoms with Crippen LogP contribution in [0.1, 0.15) is 19.4 Å². The Morgan fingerprint density at radius 3 is 2.88 bits per heavy atom. The third-order valence-corrected chi connectivity index (χ3v) is 4.32. The highest BCUT2D eigenvalue weighted by molar-refractivity contribution is 9.10. The van der Waals surface area contributed by atoms with Gasteiger partial charge in [0.2, 0.25) is 5.91 Å². The van der Waals surface area contributed by atoms with Gasteiger partial charge in [0.25, 0.3) is 5.56 Å². The fraction of sp³-hybridized carbons (Fsp3) is 0.267. The molecule has 0 radical (unpaired) electrons. The van der Waals surface area contributed by atoms with Crippen LogP contribution in [0.4, 0.5) is 0 Å². The molecule has 1 heterocycles. The molecule has 11 heteroatoms. The molecule has 1 aromatic heterocycles. The first-order chi connectivity index (χ1) is 12.3. The number of thioether (sulfide) groups is 1. The summed E-state index contributed by atoms with van der Waals surface area (Å²) in [6.45, 7) is 3.87. The molecule has 2 aromatic rings. The maximum Gasteiger partial charge on any atom is 0.342 e. The monoisotopic (exact) mass is 441 g/mol. The second-order valence-electron chi connectivity index (χ2n) is 5.25. The van der Waals surface area contributed by atoms with Gasteiger partial charge in [0.05, 0.1) is 22.5 Å². The van der Waals surface area contributed by atoms with Gasteiger partial charge < -0.3 is 4.74 Å². The Bertz CT molecular complexity index is 925. The first kappa shape index (κ1) is 19.9. The van der Waals surface area contributed by atoms with Crippen molar-refractivity contribution in [1.29, 1.82) is 0 Å². The normalized spacial score (nSPS) is 11.1. The van der Waals surface area contributed by atoms with Crippen molar-refractivity contribution in [2.24, 2.45) is 5.10 Å². The molecule has 0 fully saturated rings. The maximum atomic E-state index is 11.7. The highest BCUT2D eigenvalue weighted by atomic mass is 79.9. The SMILES string of the molecule is CC(C)Oc1ccc(/C=N/NC(=O)CSc2n[nH]c(=O)[nH]c2=O)cc1Br. The second kappa shape index (κ2) is 9.34. The fourth-order valence-electron chi connectivity index (χ4n) is 1.73. The highest BCUT2D eigenvalue weighted by Crippen LogP contribution is 2.26. The van der Waals surface area contributed by atoms with Crippen molar-refractivity contribution in [2.45, 2.75) is 25.0 Å². The van der Waals surface area contributed by atoms with E-state index in [0.29, 0.717) is 0 Å². The summed E-state index contributed by atoms with van der Waals surface area (Å²) in [5, 5.41) is 9.51. The zero-order valence-electron chi connectivity index (χ0n) is 13.9. The molecule has 138 valence electrons. The number of aromatic nitrogens is 3. The standard InChI is InChI=1S/C15H16BrN5O4S/c1-8(2)25-11-4-3-9(5-10(11)16)6-17-19-12(22)7-26-14-13(23)18-15(24)21-20-14/h3-6,8H,7H2,1-2H3,(H,19,22)(H2,18,21,23,24)/b17-6+. The van der Waals surface area contributed by atoms with Crippen molar-refractivity contribution in [3.8, 4) is 5.75 Å². The third-order valence-electron chi connectivity index (χ3n) is 2.74. The zero-order valence-corrected chi connectivity index (χ0v) is 16.3. The Morgan fingerprint density at radius 1 is 1.46 bits per heavy atom. The van der Waals surface area contributed by atoms with Gasteiger partial charge in [0.15, 0.2) is 5.03 Å². The molecule has 0 atom stereocenters. The van der Waals surface area contributed by atoms with Crippen LogP contribution in [0.3, 0.4) is 0 Å². The minimum atomic E-state index is -0.704. The number of rotatable bonds is 7. The number of hydrogen-bond acceptors (Lipinski definition) is 7. The molecule has 0 aliphatic rings. The summed E-state index contributed by atoms with van der Waals surface area (Å²) >= 11 is 4.30. The summed E-state index contributed by atoms with van der Waals surface area (Å²) in [7, 11) is 0. The lowest BCUT2D eigenvalue weighted by Crippen LogP contribution is -2.26. The first-order valence-corrected chi connectivity index (χ1v) is 9.23. The molecule has 0 aliphatic heterocycles. The summed E-state index contributed by atoms with van der Waals surface area (Å²) < 4.78 is 6.39. The average Bonchev–Trinajstić information content (AvgIpc) is 2.56. The molecular weight excluding hydrogens is 426 g/mol. The van der Waals surface area contributed by atoms with Crippen LogP contribution >= 0.6 is 27.7 Å². The van der Waals surface area contributed by atoms with Crippen LogP contribution in [0, 0.1) is 0 Å². The maximum absolute atomic E-state index is 11.7. The van der Waals surface area contributed by atoms with E-state index in [1.807, 2.05) is 24.9 Å². The smallest absolute Gasteiger partial charge is 0.342 e. The van der Waals surface area contributed by atoms with Crippen LogP contribution in [0.5, 0.6) is 5.75 Å². The minimum Gasteiger partial charge on any atom is -0.490 e. The van der Waals surface area contributed by atoms with Gasteiger partial charge in [-0.1, -0.05) is 11.8 Å². The van der Waals surface area contributed by atoms with Gasteiger partial charge in [-0.15, -0.1) is 0 Å². The van der Waals surface area contributed by atoms with E-state index in [9.17, 15) is 14.4 Å². The topological polar surface area (TPSA) is 129 Å². The molecule has 9 nitrogen and oxygen atoms in total. The van der Waals surface area contributed by atoms with E-state index in [0.717, 1.165) is 27.5 Å². The van der Waals surface area contributed by atoms with Gasteiger partial charge in [0, 0.05) is 0 Å². The van der Waals surface area contributed by atoms with Crippen LogP contribution in [0.2, 0.25) is 0 Å². The van der Waals surface area contributed by atoms with E-state index in [2.05, 4.69) is 36.7 Å². The van der Waals surface area contributed by atoms with Gasteiger partial charge in [-0.05, 0) is 53.5 Å². The lowest BCUT2D eigenvalue weighted by molar-refractivity contribution is -0.118. The summed E-state index contributed by atoms with van der Waals surface area (Å²) in [4.78, 5) is 36.1. The van der Waals surface area contributed by atoms with Gasteiger partial charge in [-0.2, -0.15) is 10.2 Å². The van der Waals surface area contributed by atoms with Gasteiger partial charge in [-0.3, -0.25) is 14.6 Å². The van der Waals surface area contributed by atoms with E-state index < -0.39 is 17.2 Å². The van der Waals surface area contributed by atoms with Gasteiger partial charge >= 0.3 is 5.69 Å². The number of benzene rings is 1. The van der Waals surface area contributed by atoms with E-state index in [-0.39, 0.29) is 16.9 Å². The average molecular weight is 442 g/mol. The predicted octanol–water partition coefficient (Wildman–Crippen LogP) is 1.25. The van der Waals surface area contributed by atoms with Crippen molar-refractivity contribution < 1.29 is 9.53 Å². The molecule has 0 aliphatic carbocycles. The van der Waals surface area contributed by atoms with Crippen molar-refractivity contribution in [1.82, 2.24) is 20.6 Å². The van der Waals surface area contributed by atoms with E-state index in [1.54, 1.807) is 12.1 Å². The second-order valence-corrected chi connectivity index (χ2v) is 7.07. The largest absolute Gasteiger partial charge is 0.490 e. The molecule has 3 N–H and O–H groups in total. The molecule has 0 unspecified atom stereocenters. The number of H-pyrrole nitrogens is 2. The third kappa shape index (κ3) is 6.15. The molecule has 0 saturated heterocycles. The quantitative estimate of drug-likeness (QED) is 0.336. The number of carbonyl (C=O) groups is 1. The van der Waals surface area contributed by atoms with Crippen molar-refractivity contribution in [3.05, 3.63) is 49.1 Å². The van der Waals surface area contributed by atoms with E-state index >= 15 is 0 Å². The fourth-order valence-corrected chi connectivity index (χ4v) is 2.84. The molecular formula is C15H16BrN5O4S. The molecule has 0 spiro atoms. The van der Waals surface area contributed by atoms with E-state index in [1.165, 1.54) is 6.21 Å². The van der Waals surface area contributed by atoms with Crippen LogP contribution in [-0.4, -0.2) is 39.2 Å². The molecule has 1 aromatic carbocycles. The van der Waals surface area contributed by atoms with Crippen molar-refractivity contribution >= 4 is 39.8 Å². The van der Waals surface area contributed by atoms with Gasteiger partial charge in [0.1, 0.15) is 5.75 Å². The summed E-state index contributed by atoms with van der Waals surface area (Å²) in [5.41, 5.74) is 1.76. The molecule has 1 amide bonds. The Labute approximate surface area is 160 Å². The number of hydrazone groups is 1. The highest BCUT2D eigenvalue weighted by Gasteiger charge is 2.07. The number of nitrogens with one attached hydrogen (secondary N) is 3. The Hall–Kier alpha value is -2.40. The number of carbonyl (C=O) groups excluding carboxylic acids is 1. The Balaban J connectivity index is 1.87. The number of aromatic amines is 2. The molecule has 0 saturated carbocycles. The van der Waals surface area contributed by atoms with Crippen LogP contribution < -0.4 is 21.4 Å². The minimum absolute atomic E-state index is 0.00611. The molecule has 26 heavy (non-hydrogen) atoms. The van der Waals surface area contributed by atoms with Crippen LogP contribution in [0.15, 0.2) is 42.4 Å². The lowest BCUT2D eigenvalue weighted by Gasteiger charge is -2.11.